The fourth-order valence-electron chi connectivity index (χ4n) is 3.09. The Morgan fingerprint density at radius 2 is 1.44 bits per heavy atom. The van der Waals surface area contributed by atoms with Crippen LogP contribution >= 0.6 is 0 Å². The lowest BCUT2D eigenvalue weighted by atomic mass is 9.90. The number of rotatable bonds is 8. The first kappa shape index (κ1) is 16.1. The van der Waals surface area contributed by atoms with Gasteiger partial charge in [0.25, 0.3) is 0 Å². The van der Waals surface area contributed by atoms with Crippen LogP contribution in [0.3, 0.4) is 0 Å². The molecule has 0 bridgehead atoms. The highest BCUT2D eigenvalue weighted by Crippen LogP contribution is 2.49. The van der Waals surface area contributed by atoms with Gasteiger partial charge in [0.05, 0.1) is 0 Å². The van der Waals surface area contributed by atoms with Gasteiger partial charge in [-0.2, -0.15) is 0 Å². The van der Waals surface area contributed by atoms with Gasteiger partial charge >= 0.3 is 8.56 Å². The van der Waals surface area contributed by atoms with Gasteiger partial charge in [-0.05, 0) is 12.0 Å². The van der Waals surface area contributed by atoms with Crippen LogP contribution in [0.5, 0.6) is 0 Å². The van der Waals surface area contributed by atoms with Gasteiger partial charge in [-0.15, -0.1) is 0 Å². The van der Waals surface area contributed by atoms with Gasteiger partial charge in [0.1, 0.15) is 0 Å². The van der Waals surface area contributed by atoms with Crippen LogP contribution in [-0.2, 0) is 8.85 Å². The Morgan fingerprint density at radius 3 is 1.69 bits per heavy atom. The van der Waals surface area contributed by atoms with Crippen molar-refractivity contribution in [3.05, 3.63) is 0 Å². The molecule has 0 N–H and O–H groups in total. The molecule has 0 amide bonds. The molecule has 0 aliphatic rings. The van der Waals surface area contributed by atoms with Crippen molar-refractivity contribution in [1.29, 1.82) is 0 Å². The van der Waals surface area contributed by atoms with Gasteiger partial charge in [0.2, 0.25) is 0 Å². The van der Waals surface area contributed by atoms with E-state index in [9.17, 15) is 0 Å². The van der Waals surface area contributed by atoms with Gasteiger partial charge in [-0.3, -0.25) is 0 Å². The highest BCUT2D eigenvalue weighted by molar-refractivity contribution is 6.70. The molecule has 0 radical (unpaired) electrons. The first-order chi connectivity index (χ1) is 7.45. The molecule has 16 heavy (non-hydrogen) atoms. The molecule has 0 aliphatic carbocycles. The Kier molecular flexibility index (Phi) is 6.83. The molecule has 0 saturated heterocycles. The lowest BCUT2D eigenvalue weighted by Crippen LogP contribution is -2.52. The second kappa shape index (κ2) is 6.77. The smallest absolute Gasteiger partial charge is 0.343 e. The Morgan fingerprint density at radius 1 is 1.00 bits per heavy atom. The Bertz CT molecular complexity index is 184. The molecule has 3 heteroatoms. The van der Waals surface area contributed by atoms with Crippen LogP contribution in [0.25, 0.3) is 0 Å². The van der Waals surface area contributed by atoms with E-state index < -0.39 is 8.56 Å². The summed E-state index contributed by atoms with van der Waals surface area (Å²) in [4.78, 5) is 0. The van der Waals surface area contributed by atoms with Crippen LogP contribution in [0.15, 0.2) is 0 Å². The standard InChI is InChI=1S/C13H30O2Si/c1-8-11-16(14-6,15-7)13(4,5)12(9-2)10-3/h12H,8-11H2,1-7H3. The summed E-state index contributed by atoms with van der Waals surface area (Å²) in [5.41, 5.74) is 0. The van der Waals surface area contributed by atoms with E-state index in [4.69, 9.17) is 8.85 Å². The maximum atomic E-state index is 5.89. The average molecular weight is 246 g/mol. The van der Waals surface area contributed by atoms with E-state index in [1.54, 1.807) is 0 Å². The number of hydrogen-bond donors (Lipinski definition) is 0. The predicted octanol–water partition coefficient (Wildman–Crippen LogP) is 4.35. The zero-order chi connectivity index (χ0) is 12.8. The zero-order valence-corrected chi connectivity index (χ0v) is 13.2. The van der Waals surface area contributed by atoms with Crippen molar-refractivity contribution in [3.63, 3.8) is 0 Å². The summed E-state index contributed by atoms with van der Waals surface area (Å²) in [7, 11) is 1.58. The maximum Gasteiger partial charge on any atom is 0.343 e. The van der Waals surface area contributed by atoms with Crippen molar-refractivity contribution >= 4 is 8.56 Å². The molecular formula is C13H30O2Si. The highest BCUT2D eigenvalue weighted by atomic mass is 28.4. The van der Waals surface area contributed by atoms with Crippen LogP contribution in [-0.4, -0.2) is 22.8 Å². The quantitative estimate of drug-likeness (QED) is 0.593. The lowest BCUT2D eigenvalue weighted by Gasteiger charge is -2.46. The third kappa shape index (κ3) is 2.87. The first-order valence-corrected chi connectivity index (χ1v) is 8.58. The van der Waals surface area contributed by atoms with Crippen molar-refractivity contribution in [3.8, 4) is 0 Å². The molecule has 0 saturated carbocycles. The topological polar surface area (TPSA) is 18.5 Å². The first-order valence-electron chi connectivity index (χ1n) is 6.55. The van der Waals surface area contributed by atoms with E-state index >= 15 is 0 Å². The second-order valence-corrected chi connectivity index (χ2v) is 9.26. The minimum atomic E-state index is -2.08. The monoisotopic (exact) mass is 246 g/mol. The fourth-order valence-corrected chi connectivity index (χ4v) is 7.05. The third-order valence-corrected chi connectivity index (χ3v) is 9.08. The van der Waals surface area contributed by atoms with Gasteiger partial charge in [-0.25, -0.2) is 0 Å². The van der Waals surface area contributed by atoms with Crippen molar-refractivity contribution in [1.82, 2.24) is 0 Å². The van der Waals surface area contributed by atoms with E-state index in [1.165, 1.54) is 12.8 Å². The predicted molar refractivity (Wildman–Crippen MR) is 73.0 cm³/mol. The molecule has 0 heterocycles. The van der Waals surface area contributed by atoms with E-state index in [2.05, 4.69) is 34.6 Å². The van der Waals surface area contributed by atoms with E-state index in [0.717, 1.165) is 12.5 Å². The molecule has 0 spiro atoms. The minimum absolute atomic E-state index is 0.177. The molecule has 0 aliphatic heterocycles. The summed E-state index contributed by atoms with van der Waals surface area (Å²) in [6, 6.07) is 1.09. The summed E-state index contributed by atoms with van der Waals surface area (Å²) in [5, 5.41) is 0.177. The molecule has 2 nitrogen and oxygen atoms in total. The summed E-state index contributed by atoms with van der Waals surface area (Å²) in [6.45, 7) is 11.4. The van der Waals surface area contributed by atoms with E-state index in [1.807, 2.05) is 14.2 Å². The van der Waals surface area contributed by atoms with E-state index in [-0.39, 0.29) is 5.04 Å². The summed E-state index contributed by atoms with van der Waals surface area (Å²) in [5.74, 6) is 0.686. The summed E-state index contributed by atoms with van der Waals surface area (Å²) < 4.78 is 11.8. The van der Waals surface area contributed by atoms with Crippen LogP contribution in [0, 0.1) is 5.92 Å². The average Bonchev–Trinajstić information content (AvgIpc) is 2.27. The number of hydrogen-bond acceptors (Lipinski definition) is 2. The largest absolute Gasteiger partial charge is 0.397 e. The van der Waals surface area contributed by atoms with Crippen LogP contribution in [0.4, 0.5) is 0 Å². The Hall–Kier alpha value is 0.137. The van der Waals surface area contributed by atoms with Gasteiger partial charge < -0.3 is 8.85 Å². The van der Waals surface area contributed by atoms with Crippen LogP contribution < -0.4 is 0 Å². The van der Waals surface area contributed by atoms with Gasteiger partial charge in [-0.1, -0.05) is 53.9 Å². The summed E-state index contributed by atoms with van der Waals surface area (Å²) in [6.07, 6.45) is 3.54. The normalized spacial score (nSPS) is 13.5. The minimum Gasteiger partial charge on any atom is -0.397 e. The van der Waals surface area contributed by atoms with E-state index in [0.29, 0.717) is 5.92 Å². The van der Waals surface area contributed by atoms with Crippen molar-refractivity contribution < 1.29 is 8.85 Å². The fraction of sp³-hybridized carbons (Fsp3) is 1.00. The maximum absolute atomic E-state index is 5.89. The van der Waals surface area contributed by atoms with Gasteiger partial charge in [0, 0.05) is 19.3 Å². The molecule has 98 valence electrons. The Labute approximate surface area is 103 Å². The Balaban J connectivity index is 5.14. The van der Waals surface area contributed by atoms with Gasteiger partial charge in [0.15, 0.2) is 0 Å². The molecule has 0 aromatic rings. The molecule has 0 aromatic carbocycles. The lowest BCUT2D eigenvalue weighted by molar-refractivity contribution is 0.179. The molecule has 0 unspecified atom stereocenters. The SMILES string of the molecule is CCC[Si](OC)(OC)C(C)(C)C(CC)CC. The molecule has 0 rings (SSSR count). The van der Waals surface area contributed by atoms with Crippen molar-refractivity contribution in [2.45, 2.75) is 65.0 Å². The molecule has 0 aromatic heterocycles. The van der Waals surface area contributed by atoms with Crippen LogP contribution in [0.2, 0.25) is 11.1 Å². The zero-order valence-electron chi connectivity index (χ0n) is 12.2. The highest BCUT2D eigenvalue weighted by Gasteiger charge is 2.52. The second-order valence-electron chi connectivity index (χ2n) is 5.15. The van der Waals surface area contributed by atoms with Crippen molar-refractivity contribution in [2.24, 2.45) is 5.92 Å². The summed E-state index contributed by atoms with van der Waals surface area (Å²) >= 11 is 0. The third-order valence-electron chi connectivity index (χ3n) is 4.23. The molecule has 0 atom stereocenters. The van der Waals surface area contributed by atoms with Crippen molar-refractivity contribution in [2.75, 3.05) is 14.2 Å². The molecular weight excluding hydrogens is 216 g/mol. The van der Waals surface area contributed by atoms with Crippen LogP contribution in [0.1, 0.15) is 53.9 Å². The molecule has 0 fully saturated rings.